The lowest BCUT2D eigenvalue weighted by Crippen LogP contribution is -2.53. The monoisotopic (exact) mass is 449 g/mol. The predicted molar refractivity (Wildman–Crippen MR) is 116 cm³/mol. The van der Waals surface area contributed by atoms with E-state index in [4.69, 9.17) is 9.26 Å². The molecule has 2 amide bonds. The molecule has 3 aliphatic rings. The highest BCUT2D eigenvalue weighted by molar-refractivity contribution is 7.93. The number of carbonyl (C=O) groups is 2. The van der Waals surface area contributed by atoms with Crippen LogP contribution in [0.1, 0.15) is 56.9 Å². The van der Waals surface area contributed by atoms with Crippen LogP contribution in [-0.4, -0.2) is 50.9 Å². The van der Waals surface area contributed by atoms with Crippen molar-refractivity contribution < 1.29 is 23.1 Å². The Balaban J connectivity index is 1.35. The van der Waals surface area contributed by atoms with Crippen LogP contribution in [-0.2, 0) is 30.5 Å². The van der Waals surface area contributed by atoms with Gasteiger partial charge in [0, 0.05) is 30.2 Å². The molecule has 2 saturated heterocycles. The molecule has 0 bridgehead atoms. The van der Waals surface area contributed by atoms with E-state index < -0.39 is 26.7 Å². The molecule has 0 saturated carbocycles. The second kappa shape index (κ2) is 8.50. The Morgan fingerprint density at radius 1 is 1.32 bits per heavy atom. The van der Waals surface area contributed by atoms with Crippen molar-refractivity contribution in [1.82, 2.24) is 10.5 Å². The maximum Gasteiger partial charge on any atom is 0.259 e. The highest BCUT2D eigenvalue weighted by Crippen LogP contribution is 2.37. The summed E-state index contributed by atoms with van der Waals surface area (Å²) in [4.78, 5) is 25.0. The van der Waals surface area contributed by atoms with Gasteiger partial charge >= 0.3 is 0 Å². The van der Waals surface area contributed by atoms with E-state index in [-0.39, 0.29) is 18.4 Å². The largest absolute Gasteiger partial charge is 0.375 e. The van der Waals surface area contributed by atoms with Crippen molar-refractivity contribution in [2.45, 2.75) is 70.4 Å². The van der Waals surface area contributed by atoms with Crippen LogP contribution >= 0.6 is 0 Å². The first-order chi connectivity index (χ1) is 14.7. The normalized spacial score (nSPS) is 35.2. The Morgan fingerprint density at radius 3 is 2.74 bits per heavy atom. The number of nitrogens with one attached hydrogen (secondary N) is 1. The van der Waals surface area contributed by atoms with Crippen LogP contribution in [0.15, 0.2) is 27.1 Å². The summed E-state index contributed by atoms with van der Waals surface area (Å²) in [5, 5.41) is 7.02. The number of nitrogens with zero attached hydrogens (tertiary/aromatic N) is 2. The van der Waals surface area contributed by atoms with Crippen molar-refractivity contribution >= 4 is 21.5 Å². The fraction of sp³-hybridized carbons (Fsp3) is 0.682. The summed E-state index contributed by atoms with van der Waals surface area (Å²) in [5.41, 5.74) is -0.319. The predicted octanol–water partition coefficient (Wildman–Crippen LogP) is 2.70. The Labute approximate surface area is 183 Å². The fourth-order valence-electron chi connectivity index (χ4n) is 4.73. The number of allylic oxidation sites excluding steroid dienone is 1. The van der Waals surface area contributed by atoms with Gasteiger partial charge in [0.2, 0.25) is 5.91 Å². The van der Waals surface area contributed by atoms with Gasteiger partial charge in [-0.15, -0.1) is 0 Å². The minimum Gasteiger partial charge on any atom is -0.375 e. The summed E-state index contributed by atoms with van der Waals surface area (Å²) in [7, 11) is -2.60. The first kappa shape index (κ1) is 22.2. The van der Waals surface area contributed by atoms with Crippen molar-refractivity contribution in [3.8, 4) is 0 Å². The van der Waals surface area contributed by atoms with Gasteiger partial charge in [0.25, 0.3) is 5.91 Å². The number of aromatic nitrogens is 1. The summed E-state index contributed by atoms with van der Waals surface area (Å²) in [5.74, 6) is 0.934. The SMILES string of the molecule is Cc1cc(CC(=O)N=S2(=O)CCC3(CC2)CC(NC(=O)C2(C)C=CCC2)CCO3)no1. The average Bonchev–Trinajstić information content (AvgIpc) is 3.34. The second-order valence-electron chi connectivity index (χ2n) is 9.32. The molecule has 1 aliphatic carbocycles. The summed E-state index contributed by atoms with van der Waals surface area (Å²) >= 11 is 0. The molecule has 9 heteroatoms. The summed E-state index contributed by atoms with van der Waals surface area (Å²) < 4.78 is 28.3. The molecule has 0 aromatic carbocycles. The Kier molecular flexibility index (Phi) is 6.09. The average molecular weight is 450 g/mol. The second-order valence-corrected chi connectivity index (χ2v) is 11.9. The van der Waals surface area contributed by atoms with Crippen LogP contribution in [0.5, 0.6) is 0 Å². The van der Waals surface area contributed by atoms with Crippen LogP contribution in [0.2, 0.25) is 0 Å². The van der Waals surface area contributed by atoms with Gasteiger partial charge < -0.3 is 14.6 Å². The maximum atomic E-state index is 13.1. The van der Waals surface area contributed by atoms with E-state index in [1.165, 1.54) is 0 Å². The Morgan fingerprint density at radius 2 is 2.10 bits per heavy atom. The molecule has 2 atom stereocenters. The summed E-state index contributed by atoms with van der Waals surface area (Å²) in [6.07, 6.45) is 8.50. The molecule has 2 aliphatic heterocycles. The third-order valence-corrected chi connectivity index (χ3v) is 8.91. The maximum absolute atomic E-state index is 13.1. The highest BCUT2D eigenvalue weighted by Gasteiger charge is 2.43. The van der Waals surface area contributed by atoms with Crippen molar-refractivity contribution in [2.24, 2.45) is 9.78 Å². The van der Waals surface area contributed by atoms with Gasteiger partial charge in [-0.25, -0.2) is 4.21 Å². The number of carbonyl (C=O) groups excluding carboxylic acids is 2. The Bertz CT molecular complexity index is 993. The number of amides is 2. The van der Waals surface area contributed by atoms with E-state index in [2.05, 4.69) is 20.9 Å². The molecule has 1 aromatic heterocycles. The molecule has 31 heavy (non-hydrogen) atoms. The standard InChI is InChI=1S/C22H31N3O5S/c1-16-13-18(24-30-16)14-19(26)25-31(28)11-8-22(9-12-31)15-17(5-10-29-22)23-20(27)21(2)6-3-4-7-21/h3,6,13,17H,4-5,7-12,14-15H2,1-2H3,(H,23,27). The molecule has 0 radical (unpaired) electrons. The van der Waals surface area contributed by atoms with Crippen LogP contribution in [0.3, 0.4) is 0 Å². The van der Waals surface area contributed by atoms with Gasteiger partial charge in [-0.3, -0.25) is 9.59 Å². The number of rotatable bonds is 4. The van der Waals surface area contributed by atoms with Crippen molar-refractivity contribution in [1.29, 1.82) is 0 Å². The zero-order valence-electron chi connectivity index (χ0n) is 18.2. The van der Waals surface area contributed by atoms with Gasteiger partial charge in [0.15, 0.2) is 0 Å². The van der Waals surface area contributed by atoms with E-state index in [9.17, 15) is 13.8 Å². The smallest absolute Gasteiger partial charge is 0.259 e. The van der Waals surface area contributed by atoms with Gasteiger partial charge in [-0.2, -0.15) is 4.36 Å². The highest BCUT2D eigenvalue weighted by atomic mass is 32.2. The lowest BCUT2D eigenvalue weighted by Gasteiger charge is -2.44. The molecule has 1 N–H and O–H groups in total. The third-order valence-electron chi connectivity index (χ3n) is 6.69. The topological polar surface area (TPSA) is 111 Å². The third kappa shape index (κ3) is 5.09. The number of aryl methyl sites for hydroxylation is 1. The lowest BCUT2D eigenvalue weighted by molar-refractivity contribution is -0.132. The molecule has 2 unspecified atom stereocenters. The minimum atomic E-state index is -2.60. The number of ether oxygens (including phenoxy) is 1. The van der Waals surface area contributed by atoms with Gasteiger partial charge in [0.1, 0.15) is 5.76 Å². The van der Waals surface area contributed by atoms with Crippen LogP contribution in [0.4, 0.5) is 0 Å². The van der Waals surface area contributed by atoms with Crippen molar-refractivity contribution in [3.63, 3.8) is 0 Å². The van der Waals surface area contributed by atoms with E-state index >= 15 is 0 Å². The summed E-state index contributed by atoms with van der Waals surface area (Å²) in [6, 6.07) is 1.73. The molecule has 170 valence electrons. The first-order valence-electron chi connectivity index (χ1n) is 11.0. The van der Waals surface area contributed by atoms with E-state index in [0.717, 1.165) is 19.3 Å². The van der Waals surface area contributed by atoms with E-state index in [1.54, 1.807) is 13.0 Å². The van der Waals surface area contributed by atoms with Gasteiger partial charge in [-0.05, 0) is 52.4 Å². The zero-order chi connectivity index (χ0) is 22.1. The van der Waals surface area contributed by atoms with E-state index in [1.807, 2.05) is 13.0 Å². The van der Waals surface area contributed by atoms with Crippen LogP contribution in [0.25, 0.3) is 0 Å². The van der Waals surface area contributed by atoms with Crippen molar-refractivity contribution in [3.05, 3.63) is 29.7 Å². The molecule has 1 aromatic rings. The van der Waals surface area contributed by atoms with Gasteiger partial charge in [0.05, 0.1) is 32.9 Å². The van der Waals surface area contributed by atoms with Crippen LogP contribution < -0.4 is 5.32 Å². The minimum absolute atomic E-state index is 0.00269. The molecular formula is C22H31N3O5S. The summed E-state index contributed by atoms with van der Waals surface area (Å²) in [6.45, 7) is 4.31. The molecule has 1 spiro atoms. The zero-order valence-corrected chi connectivity index (χ0v) is 19.0. The van der Waals surface area contributed by atoms with Crippen molar-refractivity contribution in [2.75, 3.05) is 18.1 Å². The van der Waals surface area contributed by atoms with E-state index in [0.29, 0.717) is 48.8 Å². The molecule has 2 fully saturated rings. The quantitative estimate of drug-likeness (QED) is 0.708. The first-order valence-corrected chi connectivity index (χ1v) is 12.8. The fourth-order valence-corrected chi connectivity index (χ4v) is 6.94. The van der Waals surface area contributed by atoms with Crippen LogP contribution in [0, 0.1) is 12.3 Å². The number of hydrogen-bond donors (Lipinski definition) is 1. The molecule has 3 heterocycles. The molecule has 4 rings (SSSR count). The Hall–Kier alpha value is -2.00. The molecular weight excluding hydrogens is 418 g/mol. The lowest BCUT2D eigenvalue weighted by atomic mass is 9.84. The molecule has 8 nitrogen and oxygen atoms in total. The number of hydrogen-bond acceptors (Lipinski definition) is 6. The van der Waals surface area contributed by atoms with Gasteiger partial charge in [-0.1, -0.05) is 17.3 Å².